The fourth-order valence-electron chi connectivity index (χ4n) is 4.42. The van der Waals surface area contributed by atoms with Crippen molar-refractivity contribution in [3.8, 4) is 0 Å². The van der Waals surface area contributed by atoms with Gasteiger partial charge in [-0.25, -0.2) is 0 Å². The minimum absolute atomic E-state index is 0.0620. The van der Waals surface area contributed by atoms with Gasteiger partial charge in [0.15, 0.2) is 0 Å². The van der Waals surface area contributed by atoms with Crippen molar-refractivity contribution < 1.29 is 4.79 Å². The van der Waals surface area contributed by atoms with Gasteiger partial charge >= 0.3 is 0 Å². The summed E-state index contributed by atoms with van der Waals surface area (Å²) in [6.07, 6.45) is 6.61. The smallest absolute Gasteiger partial charge is 0.226 e. The predicted molar refractivity (Wildman–Crippen MR) is 102 cm³/mol. The van der Waals surface area contributed by atoms with Crippen molar-refractivity contribution in [1.82, 2.24) is 4.90 Å². The summed E-state index contributed by atoms with van der Waals surface area (Å²) in [5, 5.41) is 0.741. The highest BCUT2D eigenvalue weighted by molar-refractivity contribution is 6.31. The first-order valence-electron chi connectivity index (χ1n) is 9.38. The zero-order chi connectivity index (χ0) is 17.2. The molecular weight excluding hydrogens is 330 g/mol. The van der Waals surface area contributed by atoms with E-state index in [0.29, 0.717) is 5.91 Å². The molecule has 2 aromatic carbocycles. The van der Waals surface area contributed by atoms with Crippen LogP contribution in [-0.2, 0) is 11.2 Å². The van der Waals surface area contributed by atoms with Gasteiger partial charge in [-0.05, 0) is 42.0 Å². The number of amides is 1. The first-order chi connectivity index (χ1) is 12.3. The molecule has 1 atom stereocenters. The average molecular weight is 354 g/mol. The molecule has 0 N–H and O–H groups in total. The lowest BCUT2D eigenvalue weighted by molar-refractivity contribution is -0.138. The van der Waals surface area contributed by atoms with Gasteiger partial charge in [-0.2, -0.15) is 0 Å². The molecule has 25 heavy (non-hydrogen) atoms. The monoisotopic (exact) mass is 353 g/mol. The van der Waals surface area contributed by atoms with Crippen LogP contribution in [0.3, 0.4) is 0 Å². The molecule has 1 amide bonds. The molecule has 0 saturated heterocycles. The normalized spacial score (nSPS) is 21.0. The van der Waals surface area contributed by atoms with Crippen LogP contribution in [0.25, 0.3) is 0 Å². The molecule has 1 fully saturated rings. The Morgan fingerprint density at radius 1 is 0.920 bits per heavy atom. The molecule has 3 heteroatoms. The van der Waals surface area contributed by atoms with Gasteiger partial charge in [0.05, 0.1) is 6.04 Å². The van der Waals surface area contributed by atoms with Crippen molar-refractivity contribution in [2.45, 2.75) is 44.6 Å². The topological polar surface area (TPSA) is 20.3 Å². The van der Waals surface area contributed by atoms with Crippen molar-refractivity contribution in [2.75, 3.05) is 6.54 Å². The molecule has 1 aliphatic carbocycles. The van der Waals surface area contributed by atoms with Crippen molar-refractivity contribution in [3.63, 3.8) is 0 Å². The maximum Gasteiger partial charge on any atom is 0.226 e. The Morgan fingerprint density at radius 3 is 2.36 bits per heavy atom. The fraction of sp³-hybridized carbons (Fsp3) is 0.409. The van der Waals surface area contributed by atoms with Gasteiger partial charge in [-0.1, -0.05) is 73.3 Å². The second-order valence-electron chi connectivity index (χ2n) is 7.24. The summed E-state index contributed by atoms with van der Waals surface area (Å²) >= 11 is 6.54. The third-order valence-corrected chi connectivity index (χ3v) is 6.06. The SMILES string of the molecule is O=C(C1CCCCC1)N1CCc2ccccc2C1c1ccccc1Cl. The van der Waals surface area contributed by atoms with Crippen molar-refractivity contribution >= 4 is 17.5 Å². The van der Waals surface area contributed by atoms with Crippen LogP contribution in [0.4, 0.5) is 0 Å². The van der Waals surface area contributed by atoms with Crippen molar-refractivity contribution in [3.05, 3.63) is 70.2 Å². The van der Waals surface area contributed by atoms with Gasteiger partial charge < -0.3 is 4.90 Å². The van der Waals surface area contributed by atoms with Gasteiger partial charge in [-0.3, -0.25) is 4.79 Å². The van der Waals surface area contributed by atoms with Gasteiger partial charge in [0.2, 0.25) is 5.91 Å². The number of rotatable bonds is 2. The van der Waals surface area contributed by atoms with Crippen LogP contribution in [0.5, 0.6) is 0 Å². The molecule has 2 nitrogen and oxygen atoms in total. The average Bonchev–Trinajstić information content (AvgIpc) is 2.68. The Hall–Kier alpha value is -1.80. The van der Waals surface area contributed by atoms with E-state index in [0.717, 1.165) is 36.4 Å². The second-order valence-corrected chi connectivity index (χ2v) is 7.65. The quantitative estimate of drug-likeness (QED) is 0.708. The van der Waals surface area contributed by atoms with Gasteiger partial charge in [0.25, 0.3) is 0 Å². The number of nitrogens with zero attached hydrogens (tertiary/aromatic N) is 1. The highest BCUT2D eigenvalue weighted by atomic mass is 35.5. The van der Waals surface area contributed by atoms with E-state index in [9.17, 15) is 4.79 Å². The Balaban J connectivity index is 1.75. The Kier molecular flexibility index (Phi) is 4.80. The molecule has 2 aliphatic rings. The summed E-state index contributed by atoms with van der Waals surface area (Å²) in [5.41, 5.74) is 3.60. The maximum absolute atomic E-state index is 13.3. The summed E-state index contributed by atoms with van der Waals surface area (Å²) in [7, 11) is 0. The summed E-state index contributed by atoms with van der Waals surface area (Å²) in [6.45, 7) is 0.780. The van der Waals surface area contributed by atoms with Crippen LogP contribution in [0.15, 0.2) is 48.5 Å². The van der Waals surface area contributed by atoms with Crippen LogP contribution in [-0.4, -0.2) is 17.4 Å². The first kappa shape index (κ1) is 16.7. The molecule has 0 aromatic heterocycles. The maximum atomic E-state index is 13.3. The molecule has 1 aliphatic heterocycles. The standard InChI is InChI=1S/C22H24ClNO/c23-20-13-7-6-12-19(20)21-18-11-5-4-8-16(18)14-15-24(21)22(25)17-9-2-1-3-10-17/h4-8,11-13,17,21H,1-3,9-10,14-15H2. The number of carbonyl (C=O) groups is 1. The van der Waals surface area contributed by atoms with E-state index in [1.54, 1.807) is 0 Å². The van der Waals surface area contributed by atoms with Crippen LogP contribution in [0.2, 0.25) is 5.02 Å². The van der Waals surface area contributed by atoms with Crippen molar-refractivity contribution in [1.29, 1.82) is 0 Å². The lowest BCUT2D eigenvalue weighted by Gasteiger charge is -2.40. The van der Waals surface area contributed by atoms with Crippen LogP contribution in [0.1, 0.15) is 54.8 Å². The summed E-state index contributed by atoms with van der Waals surface area (Å²) in [5.74, 6) is 0.503. The van der Waals surface area contributed by atoms with Gasteiger partial charge in [0, 0.05) is 17.5 Å². The third kappa shape index (κ3) is 3.20. The lowest BCUT2D eigenvalue weighted by atomic mass is 9.84. The van der Waals surface area contributed by atoms with E-state index in [2.05, 4.69) is 35.2 Å². The highest BCUT2D eigenvalue weighted by Crippen LogP contribution is 2.40. The van der Waals surface area contributed by atoms with E-state index in [1.807, 2.05) is 18.2 Å². The van der Waals surface area contributed by atoms with Crippen LogP contribution in [0, 0.1) is 5.92 Å². The third-order valence-electron chi connectivity index (χ3n) is 5.72. The summed E-state index contributed by atoms with van der Waals surface area (Å²) < 4.78 is 0. The van der Waals surface area contributed by atoms with Crippen LogP contribution < -0.4 is 0 Å². The molecule has 0 radical (unpaired) electrons. The molecule has 1 heterocycles. The number of benzene rings is 2. The summed E-state index contributed by atoms with van der Waals surface area (Å²) in [4.78, 5) is 15.4. The second kappa shape index (κ2) is 7.21. The van der Waals surface area contributed by atoms with E-state index in [1.165, 1.54) is 30.4 Å². The molecule has 4 rings (SSSR count). The van der Waals surface area contributed by atoms with Crippen LogP contribution >= 0.6 is 11.6 Å². The molecular formula is C22H24ClNO. The predicted octanol–water partition coefficient (Wildman–Crippen LogP) is 5.39. The Morgan fingerprint density at radius 2 is 1.60 bits per heavy atom. The summed E-state index contributed by atoms with van der Waals surface area (Å²) in [6, 6.07) is 16.4. The first-order valence-corrected chi connectivity index (χ1v) is 9.76. The fourth-order valence-corrected chi connectivity index (χ4v) is 4.66. The Bertz CT molecular complexity index is 766. The zero-order valence-corrected chi connectivity index (χ0v) is 15.2. The Labute approximate surface area is 154 Å². The number of halogens is 1. The molecule has 2 aromatic rings. The van der Waals surface area contributed by atoms with E-state index in [-0.39, 0.29) is 12.0 Å². The molecule has 130 valence electrons. The lowest BCUT2D eigenvalue weighted by Crippen LogP contribution is -2.44. The highest BCUT2D eigenvalue weighted by Gasteiger charge is 2.36. The number of carbonyl (C=O) groups excluding carboxylic acids is 1. The molecule has 0 bridgehead atoms. The molecule has 1 saturated carbocycles. The minimum Gasteiger partial charge on any atom is -0.331 e. The van der Waals surface area contributed by atoms with E-state index >= 15 is 0 Å². The molecule has 0 spiro atoms. The number of hydrogen-bond donors (Lipinski definition) is 0. The van der Waals surface area contributed by atoms with E-state index < -0.39 is 0 Å². The van der Waals surface area contributed by atoms with E-state index in [4.69, 9.17) is 11.6 Å². The zero-order valence-electron chi connectivity index (χ0n) is 14.5. The van der Waals surface area contributed by atoms with Gasteiger partial charge in [-0.15, -0.1) is 0 Å². The van der Waals surface area contributed by atoms with Gasteiger partial charge in [0.1, 0.15) is 0 Å². The number of fused-ring (bicyclic) bond motifs is 1. The van der Waals surface area contributed by atoms with Crippen molar-refractivity contribution in [2.24, 2.45) is 5.92 Å². The number of hydrogen-bond acceptors (Lipinski definition) is 1. The largest absolute Gasteiger partial charge is 0.331 e. The minimum atomic E-state index is -0.0620. The molecule has 1 unspecified atom stereocenters.